The molecule has 21 heavy (non-hydrogen) atoms. The molecule has 0 bridgehead atoms. The van der Waals surface area contributed by atoms with Crippen molar-refractivity contribution in [2.45, 2.75) is 18.7 Å². The van der Waals surface area contributed by atoms with E-state index in [4.69, 9.17) is 15.4 Å². The van der Waals surface area contributed by atoms with Gasteiger partial charge in [0.2, 0.25) is 11.8 Å². The van der Waals surface area contributed by atoms with Crippen molar-refractivity contribution in [1.29, 1.82) is 5.26 Å². The molecule has 0 spiro atoms. The number of nitrogens with one attached hydrogen (secondary N) is 1. The molecule has 0 aliphatic heterocycles. The zero-order chi connectivity index (χ0) is 15.4. The topological polar surface area (TPSA) is 92.1 Å². The number of furan rings is 1. The van der Waals surface area contributed by atoms with Crippen LogP contribution < -0.4 is 11.1 Å². The van der Waals surface area contributed by atoms with Crippen molar-refractivity contribution in [2.24, 2.45) is 0 Å². The average molecular weight is 301 g/mol. The molecule has 108 valence electrons. The van der Waals surface area contributed by atoms with Crippen LogP contribution in [0.3, 0.4) is 0 Å². The van der Waals surface area contributed by atoms with Crippen LogP contribution in [0.4, 0.5) is 11.6 Å². The summed E-state index contributed by atoms with van der Waals surface area (Å²) < 4.78 is 5.39. The number of anilines is 2. The average Bonchev–Trinajstić information content (AvgIpc) is 2.72. The van der Waals surface area contributed by atoms with Crippen LogP contribution >= 0.6 is 11.8 Å². The van der Waals surface area contributed by atoms with Crippen molar-refractivity contribution in [2.75, 3.05) is 16.8 Å². The van der Waals surface area contributed by atoms with Crippen LogP contribution in [0.15, 0.2) is 33.6 Å². The highest BCUT2D eigenvalue weighted by atomic mass is 32.2. The van der Waals surface area contributed by atoms with Crippen molar-refractivity contribution < 1.29 is 9.21 Å². The Balaban J connectivity index is 2.02. The third-order valence-corrected chi connectivity index (χ3v) is 4.12. The SMILES string of the molecule is Cc1oc(NC(=O)CSc2ccccc2N)c(C#N)c1C. The van der Waals surface area contributed by atoms with Crippen LogP contribution in [0.25, 0.3) is 0 Å². The summed E-state index contributed by atoms with van der Waals surface area (Å²) in [6.45, 7) is 3.54. The minimum Gasteiger partial charge on any atom is -0.444 e. The van der Waals surface area contributed by atoms with Crippen LogP contribution in [0.5, 0.6) is 0 Å². The highest BCUT2D eigenvalue weighted by Gasteiger charge is 2.16. The Hall–Kier alpha value is -2.39. The zero-order valence-corrected chi connectivity index (χ0v) is 12.6. The lowest BCUT2D eigenvalue weighted by molar-refractivity contribution is -0.113. The maximum Gasteiger partial charge on any atom is 0.237 e. The molecule has 0 atom stereocenters. The summed E-state index contributed by atoms with van der Waals surface area (Å²) in [6, 6.07) is 9.38. The first-order valence-electron chi connectivity index (χ1n) is 6.30. The first kappa shape index (κ1) is 15.0. The number of carbonyl (C=O) groups excluding carboxylic acids is 1. The monoisotopic (exact) mass is 301 g/mol. The van der Waals surface area contributed by atoms with Gasteiger partial charge in [-0.25, -0.2) is 0 Å². The number of hydrogen-bond donors (Lipinski definition) is 2. The largest absolute Gasteiger partial charge is 0.444 e. The number of thioether (sulfide) groups is 1. The van der Waals surface area contributed by atoms with Crippen molar-refractivity contribution >= 4 is 29.2 Å². The van der Waals surface area contributed by atoms with Crippen molar-refractivity contribution in [3.8, 4) is 6.07 Å². The minimum atomic E-state index is -0.242. The summed E-state index contributed by atoms with van der Waals surface area (Å²) >= 11 is 1.34. The molecule has 0 aliphatic rings. The van der Waals surface area contributed by atoms with Gasteiger partial charge < -0.3 is 10.2 Å². The third kappa shape index (κ3) is 3.38. The van der Waals surface area contributed by atoms with Crippen molar-refractivity contribution in [1.82, 2.24) is 0 Å². The number of para-hydroxylation sites is 1. The molecular formula is C15H15N3O2S. The quantitative estimate of drug-likeness (QED) is 0.668. The molecule has 3 N–H and O–H groups in total. The van der Waals surface area contributed by atoms with E-state index in [1.165, 1.54) is 11.8 Å². The highest BCUT2D eigenvalue weighted by molar-refractivity contribution is 8.00. The van der Waals surface area contributed by atoms with Gasteiger partial charge in [-0.15, -0.1) is 11.8 Å². The Morgan fingerprint density at radius 2 is 2.14 bits per heavy atom. The summed E-state index contributed by atoms with van der Waals surface area (Å²) in [5.41, 5.74) is 7.56. The van der Waals surface area contributed by atoms with Gasteiger partial charge in [0.15, 0.2) is 0 Å². The van der Waals surface area contributed by atoms with Crippen LogP contribution in [0.2, 0.25) is 0 Å². The van der Waals surface area contributed by atoms with Crippen LogP contribution in [-0.4, -0.2) is 11.7 Å². The number of nitrogens with zero attached hydrogens (tertiary/aromatic N) is 1. The molecule has 2 rings (SSSR count). The molecule has 1 aromatic carbocycles. The summed E-state index contributed by atoms with van der Waals surface area (Å²) in [6.07, 6.45) is 0. The number of aryl methyl sites for hydroxylation is 1. The maximum absolute atomic E-state index is 11.9. The van der Waals surface area contributed by atoms with E-state index in [1.807, 2.05) is 24.3 Å². The number of nitrogen functional groups attached to an aromatic ring is 1. The molecule has 1 heterocycles. The second kappa shape index (κ2) is 6.37. The van der Waals surface area contributed by atoms with E-state index in [-0.39, 0.29) is 17.5 Å². The highest BCUT2D eigenvalue weighted by Crippen LogP contribution is 2.27. The Labute approximate surface area is 127 Å². The van der Waals surface area contributed by atoms with E-state index in [2.05, 4.69) is 5.32 Å². The number of benzene rings is 1. The molecule has 6 heteroatoms. The number of hydrogen-bond acceptors (Lipinski definition) is 5. The van der Waals surface area contributed by atoms with Gasteiger partial charge in [0.1, 0.15) is 17.4 Å². The van der Waals surface area contributed by atoms with E-state index >= 15 is 0 Å². The number of amides is 1. The van der Waals surface area contributed by atoms with Gasteiger partial charge in [-0.2, -0.15) is 5.26 Å². The lowest BCUT2D eigenvalue weighted by atomic mass is 10.2. The van der Waals surface area contributed by atoms with E-state index < -0.39 is 0 Å². The first-order valence-corrected chi connectivity index (χ1v) is 7.28. The van der Waals surface area contributed by atoms with Crippen molar-refractivity contribution in [3.63, 3.8) is 0 Å². The molecule has 5 nitrogen and oxygen atoms in total. The minimum absolute atomic E-state index is 0.192. The fraction of sp³-hybridized carbons (Fsp3) is 0.200. The lowest BCUT2D eigenvalue weighted by Crippen LogP contribution is -2.14. The summed E-state index contributed by atoms with van der Waals surface area (Å²) in [5.74, 6) is 0.784. The second-order valence-corrected chi connectivity index (χ2v) is 5.49. The molecule has 0 aliphatic carbocycles. The molecule has 0 saturated carbocycles. The molecule has 0 fully saturated rings. The normalized spacial score (nSPS) is 10.1. The fourth-order valence-electron chi connectivity index (χ4n) is 1.77. The number of nitriles is 1. The molecule has 0 radical (unpaired) electrons. The number of carbonyl (C=O) groups is 1. The molecule has 2 aromatic rings. The summed E-state index contributed by atoms with van der Waals surface area (Å²) in [5, 5.41) is 11.7. The Kier molecular flexibility index (Phi) is 4.55. The Bertz CT molecular complexity index is 716. The van der Waals surface area contributed by atoms with E-state index in [0.717, 1.165) is 10.5 Å². The number of nitrogens with two attached hydrogens (primary N) is 1. The standard InChI is InChI=1S/C15H15N3O2S/c1-9-10(2)20-15(11(9)7-16)18-14(19)8-21-13-6-4-3-5-12(13)17/h3-6H,8,17H2,1-2H3,(H,18,19). The van der Waals surface area contributed by atoms with Gasteiger partial charge in [0.05, 0.1) is 5.75 Å². The Morgan fingerprint density at radius 1 is 1.43 bits per heavy atom. The first-order chi connectivity index (χ1) is 10.0. The lowest BCUT2D eigenvalue weighted by Gasteiger charge is -2.05. The molecule has 0 unspecified atom stereocenters. The van der Waals surface area contributed by atoms with Crippen LogP contribution in [0.1, 0.15) is 16.9 Å². The maximum atomic E-state index is 11.9. The molecule has 1 amide bonds. The predicted molar refractivity (Wildman–Crippen MR) is 83.1 cm³/mol. The van der Waals surface area contributed by atoms with Crippen molar-refractivity contribution in [3.05, 3.63) is 41.2 Å². The smallest absolute Gasteiger partial charge is 0.237 e. The molecule has 0 saturated heterocycles. The molecule has 1 aromatic heterocycles. The van der Waals surface area contributed by atoms with Crippen LogP contribution in [-0.2, 0) is 4.79 Å². The van der Waals surface area contributed by atoms with Gasteiger partial charge in [0, 0.05) is 16.1 Å². The summed E-state index contributed by atoms with van der Waals surface area (Å²) in [7, 11) is 0. The van der Waals surface area contributed by atoms with Gasteiger partial charge in [0.25, 0.3) is 0 Å². The Morgan fingerprint density at radius 3 is 2.81 bits per heavy atom. The van der Waals surface area contributed by atoms with E-state index in [9.17, 15) is 4.79 Å². The van der Waals surface area contributed by atoms with Gasteiger partial charge >= 0.3 is 0 Å². The third-order valence-electron chi connectivity index (χ3n) is 3.03. The van der Waals surface area contributed by atoms with Gasteiger partial charge in [-0.1, -0.05) is 12.1 Å². The molecular weight excluding hydrogens is 286 g/mol. The van der Waals surface area contributed by atoms with Gasteiger partial charge in [-0.05, 0) is 26.0 Å². The number of rotatable bonds is 4. The zero-order valence-electron chi connectivity index (χ0n) is 11.8. The second-order valence-electron chi connectivity index (χ2n) is 4.47. The predicted octanol–water partition coefficient (Wildman–Crippen LogP) is 3.08. The fourth-order valence-corrected chi connectivity index (χ4v) is 2.54. The summed E-state index contributed by atoms with van der Waals surface area (Å²) in [4.78, 5) is 12.8. The van der Waals surface area contributed by atoms with E-state index in [0.29, 0.717) is 17.0 Å². The van der Waals surface area contributed by atoms with Crippen LogP contribution in [0, 0.1) is 25.2 Å². The van der Waals surface area contributed by atoms with Gasteiger partial charge in [-0.3, -0.25) is 10.1 Å². The van der Waals surface area contributed by atoms with E-state index in [1.54, 1.807) is 19.9 Å².